The summed E-state index contributed by atoms with van der Waals surface area (Å²) in [4.78, 5) is 13.7. The zero-order valence-electron chi connectivity index (χ0n) is 12.4. The number of rotatable bonds is 4. The van der Waals surface area contributed by atoms with Crippen molar-refractivity contribution in [3.63, 3.8) is 0 Å². The smallest absolute Gasteiger partial charge is 0.340 e. The van der Waals surface area contributed by atoms with Gasteiger partial charge in [-0.2, -0.15) is 0 Å². The van der Waals surface area contributed by atoms with Gasteiger partial charge in [0.25, 0.3) is 0 Å². The highest BCUT2D eigenvalue weighted by molar-refractivity contribution is 5.96. The third-order valence-corrected chi connectivity index (χ3v) is 3.55. The van der Waals surface area contributed by atoms with Crippen molar-refractivity contribution in [3.8, 4) is 0 Å². The SMILES string of the molecule is CCOC(=O)c1cc(N2CCOC(CC)C2)c(F)cc1N. The van der Waals surface area contributed by atoms with E-state index in [1.165, 1.54) is 12.1 Å². The summed E-state index contributed by atoms with van der Waals surface area (Å²) < 4.78 is 24.7. The first-order valence-corrected chi connectivity index (χ1v) is 7.19. The van der Waals surface area contributed by atoms with Gasteiger partial charge >= 0.3 is 5.97 Å². The number of carbonyl (C=O) groups is 1. The summed E-state index contributed by atoms with van der Waals surface area (Å²) in [5.41, 5.74) is 6.38. The molecule has 1 aromatic rings. The molecule has 1 fully saturated rings. The Morgan fingerprint density at radius 2 is 2.29 bits per heavy atom. The summed E-state index contributed by atoms with van der Waals surface area (Å²) in [7, 11) is 0. The van der Waals surface area contributed by atoms with Gasteiger partial charge in [0.15, 0.2) is 0 Å². The van der Waals surface area contributed by atoms with Crippen LogP contribution in [0.2, 0.25) is 0 Å². The standard InChI is InChI=1S/C15H21FN2O3/c1-3-10-9-18(5-6-21-10)14-7-11(15(19)20-4-2)13(17)8-12(14)16/h7-8,10H,3-6,9,17H2,1-2H3. The zero-order chi connectivity index (χ0) is 15.4. The Hall–Kier alpha value is -1.82. The molecule has 1 heterocycles. The Labute approximate surface area is 123 Å². The van der Waals surface area contributed by atoms with E-state index in [0.29, 0.717) is 25.4 Å². The highest BCUT2D eigenvalue weighted by Crippen LogP contribution is 2.28. The number of nitrogens with two attached hydrogens (primary N) is 1. The number of anilines is 2. The lowest BCUT2D eigenvalue weighted by molar-refractivity contribution is 0.0382. The van der Waals surface area contributed by atoms with Crippen LogP contribution in [-0.2, 0) is 9.47 Å². The number of nitrogen functional groups attached to an aromatic ring is 1. The number of benzene rings is 1. The third-order valence-electron chi connectivity index (χ3n) is 3.55. The molecule has 1 saturated heterocycles. The molecule has 0 aromatic heterocycles. The number of nitrogens with zero attached hydrogens (tertiary/aromatic N) is 1. The monoisotopic (exact) mass is 296 g/mol. The first-order chi connectivity index (χ1) is 10.1. The molecule has 116 valence electrons. The van der Waals surface area contributed by atoms with Crippen LogP contribution in [0.3, 0.4) is 0 Å². The molecule has 1 aliphatic heterocycles. The summed E-state index contributed by atoms with van der Waals surface area (Å²) in [5, 5.41) is 0. The molecule has 0 radical (unpaired) electrons. The quantitative estimate of drug-likeness (QED) is 0.681. The largest absolute Gasteiger partial charge is 0.462 e. The fourth-order valence-electron chi connectivity index (χ4n) is 2.39. The fourth-order valence-corrected chi connectivity index (χ4v) is 2.39. The molecule has 6 heteroatoms. The Kier molecular flexibility index (Phi) is 5.01. The molecule has 21 heavy (non-hydrogen) atoms. The maximum absolute atomic E-state index is 14.2. The van der Waals surface area contributed by atoms with Gasteiger partial charge in [-0.25, -0.2) is 9.18 Å². The van der Waals surface area contributed by atoms with E-state index < -0.39 is 11.8 Å². The first-order valence-electron chi connectivity index (χ1n) is 7.19. The van der Waals surface area contributed by atoms with E-state index in [2.05, 4.69) is 0 Å². The molecule has 5 nitrogen and oxygen atoms in total. The van der Waals surface area contributed by atoms with Crippen molar-refractivity contribution in [2.45, 2.75) is 26.4 Å². The van der Waals surface area contributed by atoms with E-state index in [4.69, 9.17) is 15.2 Å². The number of morpholine rings is 1. The Balaban J connectivity index is 2.30. The van der Waals surface area contributed by atoms with Gasteiger partial charge < -0.3 is 20.1 Å². The fraction of sp³-hybridized carbons (Fsp3) is 0.533. The van der Waals surface area contributed by atoms with Crippen molar-refractivity contribution < 1.29 is 18.7 Å². The van der Waals surface area contributed by atoms with Crippen LogP contribution >= 0.6 is 0 Å². The van der Waals surface area contributed by atoms with Crippen molar-refractivity contribution in [1.29, 1.82) is 0 Å². The van der Waals surface area contributed by atoms with E-state index in [9.17, 15) is 9.18 Å². The van der Waals surface area contributed by atoms with Gasteiger partial charge in [0.05, 0.1) is 30.6 Å². The van der Waals surface area contributed by atoms with Gasteiger partial charge in [-0.3, -0.25) is 0 Å². The van der Waals surface area contributed by atoms with Crippen LogP contribution < -0.4 is 10.6 Å². The van der Waals surface area contributed by atoms with Gasteiger partial charge in [-0.1, -0.05) is 6.92 Å². The maximum Gasteiger partial charge on any atom is 0.340 e. The third kappa shape index (κ3) is 3.44. The van der Waals surface area contributed by atoms with Crippen molar-refractivity contribution in [2.75, 3.05) is 36.9 Å². The number of esters is 1. The van der Waals surface area contributed by atoms with Gasteiger partial charge in [-0.15, -0.1) is 0 Å². The summed E-state index contributed by atoms with van der Waals surface area (Å²) >= 11 is 0. The average molecular weight is 296 g/mol. The van der Waals surface area contributed by atoms with Crippen molar-refractivity contribution >= 4 is 17.3 Å². The van der Waals surface area contributed by atoms with Crippen molar-refractivity contribution in [1.82, 2.24) is 0 Å². The van der Waals surface area contributed by atoms with Gasteiger partial charge in [0.1, 0.15) is 5.82 Å². The van der Waals surface area contributed by atoms with E-state index in [1.54, 1.807) is 6.92 Å². The summed E-state index contributed by atoms with van der Waals surface area (Å²) in [6, 6.07) is 2.65. The van der Waals surface area contributed by atoms with Crippen LogP contribution in [0.25, 0.3) is 0 Å². The second-order valence-corrected chi connectivity index (χ2v) is 4.96. The normalized spacial score (nSPS) is 18.6. The lowest BCUT2D eigenvalue weighted by atomic mass is 10.1. The Morgan fingerprint density at radius 3 is 2.95 bits per heavy atom. The van der Waals surface area contributed by atoms with E-state index in [-0.39, 0.29) is 24.0 Å². The van der Waals surface area contributed by atoms with E-state index >= 15 is 0 Å². The molecule has 0 bridgehead atoms. The predicted molar refractivity (Wildman–Crippen MR) is 79.0 cm³/mol. The second-order valence-electron chi connectivity index (χ2n) is 4.96. The van der Waals surface area contributed by atoms with Crippen LogP contribution in [0.15, 0.2) is 12.1 Å². The molecule has 2 rings (SSSR count). The van der Waals surface area contributed by atoms with Crippen molar-refractivity contribution in [3.05, 3.63) is 23.5 Å². The number of hydrogen-bond acceptors (Lipinski definition) is 5. The van der Waals surface area contributed by atoms with Gasteiger partial charge in [0, 0.05) is 18.8 Å². The van der Waals surface area contributed by atoms with Gasteiger partial charge in [-0.05, 0) is 25.5 Å². The van der Waals surface area contributed by atoms with Crippen LogP contribution in [0.5, 0.6) is 0 Å². The second kappa shape index (κ2) is 6.76. The summed E-state index contributed by atoms with van der Waals surface area (Å²) in [5.74, 6) is -0.964. The molecule has 2 N–H and O–H groups in total. The molecule has 1 unspecified atom stereocenters. The zero-order valence-corrected chi connectivity index (χ0v) is 12.4. The van der Waals surface area contributed by atoms with E-state index in [1.807, 2.05) is 11.8 Å². The molecule has 0 aliphatic carbocycles. The molecule has 1 aromatic carbocycles. The minimum atomic E-state index is -0.531. The number of hydrogen-bond donors (Lipinski definition) is 1. The lowest BCUT2D eigenvalue weighted by Crippen LogP contribution is -2.42. The first kappa shape index (κ1) is 15.6. The van der Waals surface area contributed by atoms with Crippen LogP contribution in [0.4, 0.5) is 15.8 Å². The highest BCUT2D eigenvalue weighted by Gasteiger charge is 2.24. The Bertz CT molecular complexity index is 522. The molecule has 0 amide bonds. The molecule has 1 atom stereocenters. The van der Waals surface area contributed by atoms with Crippen molar-refractivity contribution in [2.24, 2.45) is 0 Å². The lowest BCUT2D eigenvalue weighted by Gasteiger charge is -2.34. The summed E-state index contributed by atoms with van der Waals surface area (Å²) in [6.07, 6.45) is 0.930. The number of halogens is 1. The molecular formula is C15H21FN2O3. The maximum atomic E-state index is 14.2. The molecular weight excluding hydrogens is 275 g/mol. The van der Waals surface area contributed by atoms with Crippen LogP contribution in [0.1, 0.15) is 30.6 Å². The van der Waals surface area contributed by atoms with Gasteiger partial charge in [0.2, 0.25) is 0 Å². The predicted octanol–water partition coefficient (Wildman–Crippen LogP) is 2.20. The molecule has 0 saturated carbocycles. The average Bonchev–Trinajstić information content (AvgIpc) is 2.47. The Morgan fingerprint density at radius 1 is 1.52 bits per heavy atom. The van der Waals surface area contributed by atoms with Crippen LogP contribution in [-0.4, -0.2) is 38.4 Å². The van der Waals surface area contributed by atoms with E-state index in [0.717, 1.165) is 6.42 Å². The number of carbonyl (C=O) groups excluding carboxylic acids is 1. The number of ether oxygens (including phenoxy) is 2. The van der Waals surface area contributed by atoms with Crippen LogP contribution in [0, 0.1) is 5.82 Å². The minimum Gasteiger partial charge on any atom is -0.462 e. The topological polar surface area (TPSA) is 64.8 Å². The minimum absolute atomic E-state index is 0.0711. The summed E-state index contributed by atoms with van der Waals surface area (Å²) in [6.45, 7) is 5.71. The molecule has 1 aliphatic rings. The molecule has 0 spiro atoms. The highest BCUT2D eigenvalue weighted by atomic mass is 19.1.